The summed E-state index contributed by atoms with van der Waals surface area (Å²) in [4.78, 5) is 13.8. The van der Waals surface area contributed by atoms with Gasteiger partial charge in [0.25, 0.3) is 0 Å². The largest absolute Gasteiger partial charge is 0.444 e. The van der Waals surface area contributed by atoms with Crippen LogP contribution >= 0.6 is 0 Å². The highest BCUT2D eigenvalue weighted by atomic mass is 19.1. The Morgan fingerprint density at radius 1 is 1.40 bits per heavy atom. The molecule has 0 spiro atoms. The van der Waals surface area contributed by atoms with Crippen LogP contribution in [0.1, 0.15) is 50.8 Å². The van der Waals surface area contributed by atoms with E-state index >= 15 is 0 Å². The minimum Gasteiger partial charge on any atom is -0.444 e. The number of halogens is 2. The van der Waals surface area contributed by atoms with E-state index in [1.807, 2.05) is 6.07 Å². The highest BCUT2D eigenvalue weighted by Gasteiger charge is 2.33. The lowest BCUT2D eigenvalue weighted by Gasteiger charge is -2.37. The highest BCUT2D eigenvalue weighted by Crippen LogP contribution is 2.30. The Morgan fingerprint density at radius 2 is 2.08 bits per heavy atom. The molecular weight excluding hydrogens is 328 g/mol. The van der Waals surface area contributed by atoms with Crippen LogP contribution < -0.4 is 5.32 Å². The van der Waals surface area contributed by atoms with E-state index in [1.165, 1.54) is 11.8 Å². The first-order valence-corrected chi connectivity index (χ1v) is 8.23. The molecule has 1 aromatic rings. The predicted molar refractivity (Wildman–Crippen MR) is 88.9 cm³/mol. The quantitative estimate of drug-likeness (QED) is 0.886. The monoisotopic (exact) mass is 351 g/mol. The van der Waals surface area contributed by atoms with E-state index in [0.29, 0.717) is 19.6 Å². The summed E-state index contributed by atoms with van der Waals surface area (Å²) in [7, 11) is 0. The van der Waals surface area contributed by atoms with Crippen molar-refractivity contribution < 1.29 is 18.3 Å². The first kappa shape index (κ1) is 19.1. The molecule has 2 unspecified atom stereocenters. The van der Waals surface area contributed by atoms with Crippen molar-refractivity contribution in [3.05, 3.63) is 34.9 Å². The normalized spacial score (nSPS) is 19.2. The molecular formula is C18H23F2N3O2. The van der Waals surface area contributed by atoms with Crippen molar-refractivity contribution in [1.82, 2.24) is 10.2 Å². The third-order valence-corrected chi connectivity index (χ3v) is 4.01. The summed E-state index contributed by atoms with van der Waals surface area (Å²) < 4.78 is 34.3. The summed E-state index contributed by atoms with van der Waals surface area (Å²) in [5.74, 6) is -2.05. The summed E-state index contributed by atoms with van der Waals surface area (Å²) in [5.41, 5.74) is -0.594. The van der Waals surface area contributed by atoms with Gasteiger partial charge in [-0.15, -0.1) is 0 Å². The van der Waals surface area contributed by atoms with Gasteiger partial charge < -0.3 is 10.1 Å². The smallest absolute Gasteiger partial charge is 0.410 e. The van der Waals surface area contributed by atoms with Gasteiger partial charge in [-0.2, -0.15) is 5.26 Å². The van der Waals surface area contributed by atoms with Gasteiger partial charge in [-0.05, 0) is 39.8 Å². The fraction of sp³-hybridized carbons (Fsp3) is 0.556. The van der Waals surface area contributed by atoms with Crippen molar-refractivity contribution in [2.75, 3.05) is 19.6 Å². The molecule has 2 rings (SSSR count). The van der Waals surface area contributed by atoms with Crippen LogP contribution in [0.4, 0.5) is 13.6 Å². The van der Waals surface area contributed by atoms with Crippen LogP contribution in [-0.4, -0.2) is 36.2 Å². The number of piperazine rings is 1. The molecule has 5 nitrogen and oxygen atoms in total. The molecule has 0 aromatic heterocycles. The SMILES string of the molecule is CC(C#N)c1cc(F)c(C2CNCCN2C(=O)OC(C)(C)C)cc1F. The van der Waals surface area contributed by atoms with E-state index < -0.39 is 35.3 Å². The van der Waals surface area contributed by atoms with Crippen molar-refractivity contribution in [2.45, 2.75) is 45.3 Å². The van der Waals surface area contributed by atoms with Crippen LogP contribution in [0.25, 0.3) is 0 Å². The zero-order chi connectivity index (χ0) is 18.8. The molecule has 25 heavy (non-hydrogen) atoms. The highest BCUT2D eigenvalue weighted by molar-refractivity contribution is 5.69. The van der Waals surface area contributed by atoms with Crippen molar-refractivity contribution >= 4 is 6.09 Å². The van der Waals surface area contributed by atoms with Crippen LogP contribution in [0, 0.1) is 23.0 Å². The fourth-order valence-electron chi connectivity index (χ4n) is 2.76. The molecule has 1 aliphatic rings. The Bertz CT molecular complexity index is 695. The lowest BCUT2D eigenvalue weighted by Crippen LogP contribution is -2.50. The molecule has 0 saturated carbocycles. The number of hydrogen-bond acceptors (Lipinski definition) is 4. The summed E-state index contributed by atoms with van der Waals surface area (Å²) in [6.07, 6.45) is -0.562. The average Bonchev–Trinajstić information content (AvgIpc) is 2.54. The third kappa shape index (κ3) is 4.45. The van der Waals surface area contributed by atoms with Crippen LogP contribution in [0.5, 0.6) is 0 Å². The first-order valence-electron chi connectivity index (χ1n) is 8.23. The van der Waals surface area contributed by atoms with E-state index in [0.717, 1.165) is 12.1 Å². The maximum atomic E-state index is 14.6. The average molecular weight is 351 g/mol. The molecule has 1 heterocycles. The van der Waals surface area contributed by atoms with Crippen LogP contribution in [-0.2, 0) is 4.74 Å². The molecule has 1 saturated heterocycles. The summed E-state index contributed by atoms with van der Waals surface area (Å²) in [5, 5.41) is 12.0. The predicted octanol–water partition coefficient (Wildman–Crippen LogP) is 3.47. The molecule has 7 heteroatoms. The fourth-order valence-corrected chi connectivity index (χ4v) is 2.76. The second-order valence-electron chi connectivity index (χ2n) is 7.14. The summed E-state index contributed by atoms with van der Waals surface area (Å²) in [6, 6.07) is 3.34. The second kappa shape index (κ2) is 7.36. The standard InChI is InChI=1S/C18H23F2N3O2/c1-11(9-21)12-7-15(20)13(8-14(12)19)16-10-22-5-6-23(16)17(24)25-18(2,3)4/h7-8,11,16,22H,5-6,10H2,1-4H3. The topological polar surface area (TPSA) is 65.4 Å². The van der Waals surface area contributed by atoms with E-state index in [2.05, 4.69) is 5.32 Å². The van der Waals surface area contributed by atoms with E-state index in [4.69, 9.17) is 10.00 Å². The van der Waals surface area contributed by atoms with Gasteiger partial charge in [0.2, 0.25) is 0 Å². The van der Waals surface area contributed by atoms with Crippen LogP contribution in [0.2, 0.25) is 0 Å². The Balaban J connectivity index is 2.36. The number of benzene rings is 1. The Labute approximate surface area is 146 Å². The number of ether oxygens (including phenoxy) is 1. The van der Waals surface area contributed by atoms with Gasteiger partial charge in [-0.1, -0.05) is 0 Å². The Morgan fingerprint density at radius 3 is 2.68 bits per heavy atom. The van der Waals surface area contributed by atoms with Crippen molar-refractivity contribution in [2.24, 2.45) is 0 Å². The van der Waals surface area contributed by atoms with Gasteiger partial charge in [0.05, 0.1) is 18.0 Å². The van der Waals surface area contributed by atoms with Crippen molar-refractivity contribution in [1.29, 1.82) is 5.26 Å². The summed E-state index contributed by atoms with van der Waals surface area (Å²) in [6.45, 7) is 7.93. The lowest BCUT2D eigenvalue weighted by molar-refractivity contribution is 0.0114. The third-order valence-electron chi connectivity index (χ3n) is 4.01. The number of amides is 1. The number of carbonyl (C=O) groups excluding carboxylic acids is 1. The molecule has 0 bridgehead atoms. The van der Waals surface area contributed by atoms with Crippen LogP contribution in [0.15, 0.2) is 12.1 Å². The Hall–Kier alpha value is -2.20. The van der Waals surface area contributed by atoms with Crippen molar-refractivity contribution in [3.63, 3.8) is 0 Å². The molecule has 1 amide bonds. The van der Waals surface area contributed by atoms with Gasteiger partial charge in [-0.25, -0.2) is 13.6 Å². The minimum absolute atomic E-state index is 0.0105. The van der Waals surface area contributed by atoms with Crippen molar-refractivity contribution in [3.8, 4) is 6.07 Å². The van der Waals surface area contributed by atoms with E-state index in [-0.39, 0.29) is 11.1 Å². The lowest BCUT2D eigenvalue weighted by atomic mass is 9.96. The maximum Gasteiger partial charge on any atom is 0.410 e. The van der Waals surface area contributed by atoms with E-state index in [1.54, 1.807) is 20.8 Å². The Kier molecular flexibility index (Phi) is 5.63. The molecule has 1 aromatic carbocycles. The molecule has 0 radical (unpaired) electrons. The number of hydrogen-bond donors (Lipinski definition) is 1. The minimum atomic E-state index is -0.755. The zero-order valence-electron chi connectivity index (χ0n) is 14.9. The molecule has 1 N–H and O–H groups in total. The molecule has 2 atom stereocenters. The van der Waals surface area contributed by atoms with Gasteiger partial charge in [0.15, 0.2) is 0 Å². The molecule has 0 aliphatic carbocycles. The van der Waals surface area contributed by atoms with Gasteiger partial charge >= 0.3 is 6.09 Å². The number of nitrogens with one attached hydrogen (secondary N) is 1. The summed E-state index contributed by atoms with van der Waals surface area (Å²) >= 11 is 0. The second-order valence-corrected chi connectivity index (χ2v) is 7.14. The zero-order valence-corrected chi connectivity index (χ0v) is 14.9. The van der Waals surface area contributed by atoms with Gasteiger partial charge in [-0.3, -0.25) is 4.90 Å². The molecule has 136 valence electrons. The number of nitriles is 1. The maximum absolute atomic E-state index is 14.6. The molecule has 1 aliphatic heterocycles. The van der Waals surface area contributed by atoms with E-state index in [9.17, 15) is 13.6 Å². The van der Waals surface area contributed by atoms with Gasteiger partial charge in [0.1, 0.15) is 17.2 Å². The molecule has 1 fully saturated rings. The first-order chi connectivity index (χ1) is 11.6. The number of rotatable bonds is 2. The van der Waals surface area contributed by atoms with Gasteiger partial charge in [0, 0.05) is 30.8 Å². The number of carbonyl (C=O) groups is 1. The number of nitrogens with zero attached hydrogens (tertiary/aromatic N) is 2. The van der Waals surface area contributed by atoms with Crippen LogP contribution in [0.3, 0.4) is 0 Å².